The number of hydrogen-bond acceptors (Lipinski definition) is 7. The van der Waals surface area contributed by atoms with E-state index >= 15 is 0 Å². The smallest absolute Gasteiger partial charge is 0.260 e. The molecule has 0 aliphatic carbocycles. The van der Waals surface area contributed by atoms with Gasteiger partial charge in [-0.2, -0.15) is 0 Å². The van der Waals surface area contributed by atoms with Gasteiger partial charge in [0.2, 0.25) is 0 Å². The number of methoxy groups -OCH3 is 1. The number of hydrogen-bond donors (Lipinski definition) is 0. The molecule has 3 aromatic rings. The molecule has 1 aliphatic rings. The molecule has 4 rings (SSSR count). The molecule has 0 radical (unpaired) electrons. The van der Waals surface area contributed by atoms with E-state index in [2.05, 4.69) is 9.88 Å². The Morgan fingerprint density at radius 2 is 1.93 bits per heavy atom. The second-order valence-corrected chi connectivity index (χ2v) is 7.64. The number of ether oxygens (including phenoxy) is 2. The van der Waals surface area contributed by atoms with Crippen LogP contribution in [0.3, 0.4) is 0 Å². The summed E-state index contributed by atoms with van der Waals surface area (Å²) in [6.07, 6.45) is 1.65. The molecule has 0 N–H and O–H groups in total. The quantitative estimate of drug-likeness (QED) is 0.593. The van der Waals surface area contributed by atoms with Crippen LogP contribution in [0.15, 0.2) is 52.5 Å². The maximum absolute atomic E-state index is 12.5. The highest BCUT2D eigenvalue weighted by Gasteiger charge is 2.22. The van der Waals surface area contributed by atoms with Gasteiger partial charge < -0.3 is 18.8 Å². The predicted molar refractivity (Wildman–Crippen MR) is 110 cm³/mol. The molecule has 7 nitrogen and oxygen atoms in total. The van der Waals surface area contributed by atoms with Crippen LogP contribution in [0.5, 0.6) is 11.5 Å². The largest absolute Gasteiger partial charge is 0.493 e. The highest BCUT2D eigenvalue weighted by molar-refractivity contribution is 7.09. The Balaban J connectivity index is 1.24. The molecule has 1 saturated heterocycles. The lowest BCUT2D eigenvalue weighted by molar-refractivity contribution is -0.135. The van der Waals surface area contributed by atoms with Crippen molar-refractivity contribution in [3.05, 3.63) is 53.0 Å². The highest BCUT2D eigenvalue weighted by atomic mass is 32.1. The minimum atomic E-state index is -0.00934. The number of nitrogens with zero attached hydrogens (tertiary/aromatic N) is 3. The summed E-state index contributed by atoms with van der Waals surface area (Å²) in [7, 11) is 1.59. The van der Waals surface area contributed by atoms with Gasteiger partial charge in [0.05, 0.1) is 19.9 Å². The van der Waals surface area contributed by atoms with Crippen LogP contribution in [-0.4, -0.2) is 60.6 Å². The molecule has 1 aliphatic heterocycles. The second-order valence-electron chi connectivity index (χ2n) is 6.70. The van der Waals surface area contributed by atoms with Gasteiger partial charge in [0.1, 0.15) is 10.7 Å². The van der Waals surface area contributed by atoms with E-state index in [1.54, 1.807) is 30.8 Å². The third-order valence-electron chi connectivity index (χ3n) is 4.83. The fraction of sp³-hybridized carbons (Fsp3) is 0.333. The van der Waals surface area contributed by atoms with Crippen molar-refractivity contribution in [3.63, 3.8) is 0 Å². The van der Waals surface area contributed by atoms with Crippen molar-refractivity contribution in [2.24, 2.45) is 0 Å². The first-order chi connectivity index (χ1) is 14.2. The molecule has 2 aromatic heterocycles. The van der Waals surface area contributed by atoms with Gasteiger partial charge in [0.25, 0.3) is 5.91 Å². The zero-order chi connectivity index (χ0) is 20.1. The van der Waals surface area contributed by atoms with Crippen LogP contribution in [0.4, 0.5) is 0 Å². The van der Waals surface area contributed by atoms with Gasteiger partial charge in [0, 0.05) is 31.6 Å². The van der Waals surface area contributed by atoms with Gasteiger partial charge in [0.15, 0.2) is 23.9 Å². The van der Waals surface area contributed by atoms with Gasteiger partial charge in [-0.3, -0.25) is 9.69 Å². The Hall–Kier alpha value is -2.84. The maximum atomic E-state index is 12.5. The lowest BCUT2D eigenvalue weighted by Gasteiger charge is -2.34. The Labute approximate surface area is 173 Å². The molecule has 0 spiro atoms. The van der Waals surface area contributed by atoms with Crippen molar-refractivity contribution in [1.82, 2.24) is 14.8 Å². The number of carbonyl (C=O) groups is 1. The first-order valence-corrected chi connectivity index (χ1v) is 10.3. The summed E-state index contributed by atoms with van der Waals surface area (Å²) in [6, 6.07) is 11.1. The van der Waals surface area contributed by atoms with E-state index in [1.807, 2.05) is 40.6 Å². The van der Waals surface area contributed by atoms with E-state index in [4.69, 9.17) is 13.9 Å². The van der Waals surface area contributed by atoms with Crippen LogP contribution < -0.4 is 9.47 Å². The lowest BCUT2D eigenvalue weighted by Crippen LogP contribution is -2.49. The number of amides is 1. The second kappa shape index (κ2) is 9.11. The standard InChI is InChI=1S/C21H23N3O4S/c1-26-18-5-2-3-6-19(18)28-14-21(25)24-10-8-23(9-11-24)13-20-22-16(15-29-20)17-7-4-12-27-17/h2-7,12,15H,8-11,13-14H2,1H3. The van der Waals surface area contributed by atoms with Gasteiger partial charge in [-0.25, -0.2) is 4.98 Å². The highest BCUT2D eigenvalue weighted by Crippen LogP contribution is 2.26. The summed E-state index contributed by atoms with van der Waals surface area (Å²) in [5.74, 6) is 1.99. The molecule has 0 atom stereocenters. The van der Waals surface area contributed by atoms with Crippen molar-refractivity contribution >= 4 is 17.2 Å². The molecule has 152 valence electrons. The van der Waals surface area contributed by atoms with Gasteiger partial charge in [-0.1, -0.05) is 12.1 Å². The normalized spacial score (nSPS) is 14.7. The third kappa shape index (κ3) is 4.78. The van der Waals surface area contributed by atoms with E-state index in [0.29, 0.717) is 24.6 Å². The zero-order valence-electron chi connectivity index (χ0n) is 16.2. The Morgan fingerprint density at radius 3 is 2.66 bits per heavy atom. The van der Waals surface area contributed by atoms with Crippen LogP contribution in [-0.2, 0) is 11.3 Å². The molecule has 8 heteroatoms. The Bertz CT molecular complexity index is 933. The first-order valence-electron chi connectivity index (χ1n) is 9.47. The van der Waals surface area contributed by atoms with Crippen LogP contribution >= 0.6 is 11.3 Å². The third-order valence-corrected chi connectivity index (χ3v) is 5.66. The molecule has 1 fully saturated rings. The number of rotatable bonds is 7. The summed E-state index contributed by atoms with van der Waals surface area (Å²) in [5.41, 5.74) is 0.873. The molecule has 3 heterocycles. The Kier molecular flexibility index (Phi) is 6.12. The molecular weight excluding hydrogens is 390 g/mol. The summed E-state index contributed by atoms with van der Waals surface area (Å²) >= 11 is 1.63. The Morgan fingerprint density at radius 1 is 1.14 bits per heavy atom. The maximum Gasteiger partial charge on any atom is 0.260 e. The number of para-hydroxylation sites is 2. The molecular formula is C21H23N3O4S. The van der Waals surface area contributed by atoms with E-state index in [0.717, 1.165) is 36.1 Å². The molecule has 1 amide bonds. The molecule has 29 heavy (non-hydrogen) atoms. The number of furan rings is 1. The molecule has 1 aromatic carbocycles. The minimum absolute atomic E-state index is 0.00934. The van der Waals surface area contributed by atoms with Gasteiger partial charge in [-0.05, 0) is 24.3 Å². The van der Waals surface area contributed by atoms with Crippen molar-refractivity contribution in [1.29, 1.82) is 0 Å². The summed E-state index contributed by atoms with van der Waals surface area (Å²) in [5, 5.41) is 3.07. The van der Waals surface area contributed by atoms with Crippen LogP contribution in [0.2, 0.25) is 0 Å². The predicted octanol–water partition coefficient (Wildman–Crippen LogP) is 3.13. The van der Waals surface area contributed by atoms with E-state index < -0.39 is 0 Å². The number of aromatic nitrogens is 1. The zero-order valence-corrected chi connectivity index (χ0v) is 17.1. The van der Waals surface area contributed by atoms with Gasteiger partial charge in [-0.15, -0.1) is 11.3 Å². The van der Waals surface area contributed by atoms with E-state index in [9.17, 15) is 4.79 Å². The fourth-order valence-electron chi connectivity index (χ4n) is 3.24. The average molecular weight is 413 g/mol. The lowest BCUT2D eigenvalue weighted by atomic mass is 10.3. The first kappa shape index (κ1) is 19.5. The number of piperazine rings is 1. The SMILES string of the molecule is COc1ccccc1OCC(=O)N1CCN(Cc2nc(-c3ccco3)cs2)CC1. The number of thiazole rings is 1. The minimum Gasteiger partial charge on any atom is -0.493 e. The topological polar surface area (TPSA) is 68.0 Å². The van der Waals surface area contributed by atoms with E-state index in [1.165, 1.54) is 0 Å². The van der Waals surface area contributed by atoms with Crippen molar-refractivity contribution < 1.29 is 18.7 Å². The number of carbonyl (C=O) groups excluding carboxylic acids is 1. The van der Waals surface area contributed by atoms with Crippen molar-refractivity contribution in [2.45, 2.75) is 6.54 Å². The summed E-state index contributed by atoms with van der Waals surface area (Å²) in [6.45, 7) is 3.80. The van der Waals surface area contributed by atoms with Crippen molar-refractivity contribution in [2.75, 3.05) is 39.9 Å². The molecule has 0 unspecified atom stereocenters. The van der Waals surface area contributed by atoms with Crippen LogP contribution in [0, 0.1) is 0 Å². The van der Waals surface area contributed by atoms with Crippen LogP contribution in [0.25, 0.3) is 11.5 Å². The van der Waals surface area contributed by atoms with Crippen molar-refractivity contribution in [3.8, 4) is 23.0 Å². The fourth-order valence-corrected chi connectivity index (χ4v) is 4.06. The molecule has 0 saturated carbocycles. The monoisotopic (exact) mass is 413 g/mol. The average Bonchev–Trinajstić information content (AvgIpc) is 3.45. The summed E-state index contributed by atoms with van der Waals surface area (Å²) in [4.78, 5) is 21.3. The van der Waals surface area contributed by atoms with Crippen LogP contribution in [0.1, 0.15) is 5.01 Å². The summed E-state index contributed by atoms with van der Waals surface area (Å²) < 4.78 is 16.3. The molecule has 0 bridgehead atoms. The van der Waals surface area contributed by atoms with Gasteiger partial charge >= 0.3 is 0 Å². The number of benzene rings is 1. The van der Waals surface area contributed by atoms with E-state index in [-0.39, 0.29) is 12.5 Å².